The molecule has 0 saturated carbocycles. The van der Waals surface area contributed by atoms with Crippen molar-refractivity contribution in [1.82, 2.24) is 9.97 Å². The van der Waals surface area contributed by atoms with Crippen LogP contribution in [0.3, 0.4) is 0 Å². The number of alkyl halides is 2. The van der Waals surface area contributed by atoms with Gasteiger partial charge in [-0.1, -0.05) is 26.0 Å². The number of nitrogens with zero attached hydrogens (tertiary/aromatic N) is 2. The SMILES string of the molecule is CC(C)c1c(N)ncnc1Nc1ccccc1OC(F)F. The Bertz CT molecular complexity index is 620. The standard InChI is InChI=1S/C14H16F2N4O/c1-8(2)11-12(17)18-7-19-13(11)20-9-5-3-4-6-10(9)21-14(15)16/h3-8,14H,1-2H3,(H3,17,18,19,20). The highest BCUT2D eigenvalue weighted by Gasteiger charge is 2.15. The zero-order valence-corrected chi connectivity index (χ0v) is 11.7. The summed E-state index contributed by atoms with van der Waals surface area (Å²) in [5.41, 5.74) is 6.97. The lowest BCUT2D eigenvalue weighted by Gasteiger charge is -2.16. The van der Waals surface area contributed by atoms with Crippen LogP contribution in [0, 0.1) is 0 Å². The molecule has 2 rings (SSSR count). The van der Waals surface area contributed by atoms with Gasteiger partial charge in [-0.15, -0.1) is 0 Å². The minimum atomic E-state index is -2.90. The van der Waals surface area contributed by atoms with Gasteiger partial charge in [0.1, 0.15) is 23.7 Å². The molecule has 0 unspecified atom stereocenters. The number of ether oxygens (including phenoxy) is 1. The van der Waals surface area contributed by atoms with E-state index in [-0.39, 0.29) is 11.7 Å². The van der Waals surface area contributed by atoms with E-state index in [1.807, 2.05) is 13.8 Å². The number of hydrogen-bond acceptors (Lipinski definition) is 5. The largest absolute Gasteiger partial charge is 0.433 e. The van der Waals surface area contributed by atoms with E-state index in [1.54, 1.807) is 18.2 Å². The number of nitrogen functional groups attached to an aromatic ring is 1. The van der Waals surface area contributed by atoms with Crippen LogP contribution in [0.4, 0.5) is 26.1 Å². The monoisotopic (exact) mass is 294 g/mol. The summed E-state index contributed by atoms with van der Waals surface area (Å²) in [5, 5.41) is 2.98. The summed E-state index contributed by atoms with van der Waals surface area (Å²) in [5.74, 6) is 0.953. The Morgan fingerprint density at radius 1 is 1.19 bits per heavy atom. The Kier molecular flexibility index (Phi) is 4.52. The number of anilines is 3. The Morgan fingerprint density at radius 3 is 2.57 bits per heavy atom. The molecule has 5 nitrogen and oxygen atoms in total. The summed E-state index contributed by atoms with van der Waals surface area (Å²) in [4.78, 5) is 8.08. The van der Waals surface area contributed by atoms with Crippen LogP contribution >= 0.6 is 0 Å². The van der Waals surface area contributed by atoms with Crippen molar-refractivity contribution >= 4 is 17.3 Å². The van der Waals surface area contributed by atoms with E-state index in [1.165, 1.54) is 12.4 Å². The predicted octanol–water partition coefficient (Wildman–Crippen LogP) is 3.53. The fourth-order valence-electron chi connectivity index (χ4n) is 1.97. The molecule has 1 heterocycles. The molecule has 1 aromatic carbocycles. The number of aromatic nitrogens is 2. The molecule has 0 amide bonds. The first-order valence-corrected chi connectivity index (χ1v) is 6.40. The molecule has 0 fully saturated rings. The number of benzene rings is 1. The first-order chi connectivity index (χ1) is 9.99. The van der Waals surface area contributed by atoms with Crippen LogP contribution in [-0.2, 0) is 0 Å². The minimum Gasteiger partial charge on any atom is -0.433 e. The summed E-state index contributed by atoms with van der Waals surface area (Å²) in [6, 6.07) is 6.40. The third-order valence-corrected chi connectivity index (χ3v) is 2.85. The second-order valence-electron chi connectivity index (χ2n) is 4.68. The van der Waals surface area contributed by atoms with Crippen LogP contribution in [0.15, 0.2) is 30.6 Å². The maximum absolute atomic E-state index is 12.4. The van der Waals surface area contributed by atoms with Crippen LogP contribution in [-0.4, -0.2) is 16.6 Å². The molecule has 2 aromatic rings. The molecule has 0 aliphatic carbocycles. The van der Waals surface area contributed by atoms with Crippen LogP contribution in [0.1, 0.15) is 25.3 Å². The number of nitrogens with two attached hydrogens (primary N) is 1. The molecule has 7 heteroatoms. The fourth-order valence-corrected chi connectivity index (χ4v) is 1.97. The molecule has 1 aromatic heterocycles. The maximum atomic E-state index is 12.4. The Balaban J connectivity index is 2.37. The summed E-state index contributed by atoms with van der Waals surface area (Å²) in [6.07, 6.45) is 1.32. The third kappa shape index (κ3) is 3.56. The van der Waals surface area contributed by atoms with Gasteiger partial charge in [-0.2, -0.15) is 8.78 Å². The molecule has 0 bridgehead atoms. The van der Waals surface area contributed by atoms with Crippen molar-refractivity contribution in [3.05, 3.63) is 36.2 Å². The molecule has 0 radical (unpaired) electrons. The van der Waals surface area contributed by atoms with Gasteiger partial charge in [0.25, 0.3) is 0 Å². The van der Waals surface area contributed by atoms with E-state index < -0.39 is 6.61 Å². The van der Waals surface area contributed by atoms with E-state index in [0.717, 1.165) is 5.56 Å². The van der Waals surface area contributed by atoms with Gasteiger partial charge < -0.3 is 15.8 Å². The highest BCUT2D eigenvalue weighted by atomic mass is 19.3. The summed E-state index contributed by atoms with van der Waals surface area (Å²) in [6.45, 7) is 0.997. The van der Waals surface area contributed by atoms with Crippen molar-refractivity contribution in [1.29, 1.82) is 0 Å². The number of halogens is 2. The normalized spacial score (nSPS) is 11.0. The Morgan fingerprint density at radius 2 is 1.90 bits per heavy atom. The van der Waals surface area contributed by atoms with Gasteiger partial charge in [0, 0.05) is 5.56 Å². The molecule has 0 aliphatic rings. The summed E-state index contributed by atoms with van der Waals surface area (Å²) >= 11 is 0. The molecular formula is C14H16F2N4O. The van der Waals surface area contributed by atoms with Gasteiger partial charge in [-0.25, -0.2) is 9.97 Å². The second kappa shape index (κ2) is 6.34. The van der Waals surface area contributed by atoms with E-state index >= 15 is 0 Å². The van der Waals surface area contributed by atoms with Crippen molar-refractivity contribution < 1.29 is 13.5 Å². The Labute approximate surface area is 121 Å². The van der Waals surface area contributed by atoms with E-state index in [4.69, 9.17) is 5.73 Å². The molecular weight excluding hydrogens is 278 g/mol. The zero-order valence-electron chi connectivity index (χ0n) is 11.7. The lowest BCUT2D eigenvalue weighted by molar-refractivity contribution is -0.0493. The molecule has 0 atom stereocenters. The zero-order chi connectivity index (χ0) is 15.4. The van der Waals surface area contributed by atoms with Gasteiger partial charge in [-0.3, -0.25) is 0 Å². The third-order valence-electron chi connectivity index (χ3n) is 2.85. The van der Waals surface area contributed by atoms with Gasteiger partial charge in [0.2, 0.25) is 0 Å². The molecule has 21 heavy (non-hydrogen) atoms. The molecule has 112 valence electrons. The number of rotatable bonds is 5. The van der Waals surface area contributed by atoms with Crippen molar-refractivity contribution in [3.8, 4) is 5.75 Å². The van der Waals surface area contributed by atoms with Crippen LogP contribution in [0.5, 0.6) is 5.75 Å². The lowest BCUT2D eigenvalue weighted by atomic mass is 10.0. The van der Waals surface area contributed by atoms with Crippen LogP contribution in [0.25, 0.3) is 0 Å². The number of hydrogen-bond donors (Lipinski definition) is 2. The van der Waals surface area contributed by atoms with E-state index in [0.29, 0.717) is 17.3 Å². The molecule has 0 spiro atoms. The van der Waals surface area contributed by atoms with Crippen molar-refractivity contribution in [2.45, 2.75) is 26.4 Å². The van der Waals surface area contributed by atoms with E-state index in [9.17, 15) is 8.78 Å². The average Bonchev–Trinajstić information content (AvgIpc) is 2.40. The first-order valence-electron chi connectivity index (χ1n) is 6.40. The van der Waals surface area contributed by atoms with Crippen molar-refractivity contribution in [3.63, 3.8) is 0 Å². The van der Waals surface area contributed by atoms with Crippen LogP contribution < -0.4 is 15.8 Å². The van der Waals surface area contributed by atoms with Crippen molar-refractivity contribution in [2.24, 2.45) is 0 Å². The molecule has 0 aliphatic heterocycles. The van der Waals surface area contributed by atoms with Crippen LogP contribution in [0.2, 0.25) is 0 Å². The van der Waals surface area contributed by atoms with E-state index in [2.05, 4.69) is 20.0 Å². The van der Waals surface area contributed by atoms with Crippen molar-refractivity contribution in [2.75, 3.05) is 11.1 Å². The predicted molar refractivity (Wildman–Crippen MR) is 76.9 cm³/mol. The van der Waals surface area contributed by atoms with Gasteiger partial charge in [0.05, 0.1) is 5.69 Å². The Hall–Kier alpha value is -2.44. The smallest absolute Gasteiger partial charge is 0.387 e. The highest BCUT2D eigenvalue weighted by molar-refractivity contribution is 5.69. The van der Waals surface area contributed by atoms with Gasteiger partial charge >= 0.3 is 6.61 Å². The topological polar surface area (TPSA) is 73.1 Å². The fraction of sp³-hybridized carbons (Fsp3) is 0.286. The quantitative estimate of drug-likeness (QED) is 0.882. The highest BCUT2D eigenvalue weighted by Crippen LogP contribution is 2.32. The maximum Gasteiger partial charge on any atom is 0.387 e. The summed E-state index contributed by atoms with van der Waals surface area (Å²) < 4.78 is 29.3. The van der Waals surface area contributed by atoms with Gasteiger partial charge in [0.15, 0.2) is 0 Å². The van der Waals surface area contributed by atoms with Gasteiger partial charge in [-0.05, 0) is 18.1 Å². The number of para-hydroxylation sites is 2. The number of nitrogens with one attached hydrogen (secondary N) is 1. The first kappa shape index (κ1) is 15.0. The lowest BCUT2D eigenvalue weighted by Crippen LogP contribution is -2.08. The second-order valence-corrected chi connectivity index (χ2v) is 4.68. The molecule has 3 N–H and O–H groups in total. The molecule has 0 saturated heterocycles. The average molecular weight is 294 g/mol. The minimum absolute atomic E-state index is 0.0411. The summed E-state index contributed by atoms with van der Waals surface area (Å²) in [7, 11) is 0.